The molecule has 0 saturated heterocycles. The van der Waals surface area contributed by atoms with Gasteiger partial charge < -0.3 is 10.6 Å². The molecule has 0 unspecified atom stereocenters. The summed E-state index contributed by atoms with van der Waals surface area (Å²) in [5.41, 5.74) is 1.23. The summed E-state index contributed by atoms with van der Waals surface area (Å²) in [5, 5.41) is 6.10. The van der Waals surface area contributed by atoms with Crippen LogP contribution < -0.4 is 10.6 Å². The standard InChI is InChI=1S/C24H32N2O2/c27-21(26-16-23(7-4-8-23)20-5-2-1-3-6-20)15-25-22(28)24-12-17-9-18(13-24)11-19(10-17)14-24/h1-3,5-6,17-19H,4,7-16H2,(H,25,28)(H,26,27). The SMILES string of the molecule is O=C(CNC(=O)C12CC3CC(CC(C3)C1)C2)NCC1(c2ccccc2)CCC1. The third-order valence-electron chi connectivity index (χ3n) is 8.25. The van der Waals surface area contributed by atoms with Crippen LogP contribution in [0, 0.1) is 23.2 Å². The van der Waals surface area contributed by atoms with Gasteiger partial charge in [-0.1, -0.05) is 36.8 Å². The lowest BCUT2D eigenvalue weighted by Crippen LogP contribution is -2.55. The molecule has 4 heteroatoms. The quantitative estimate of drug-likeness (QED) is 0.793. The van der Waals surface area contributed by atoms with E-state index in [1.54, 1.807) is 0 Å². The Labute approximate surface area is 167 Å². The molecule has 6 rings (SSSR count). The molecule has 0 radical (unpaired) electrons. The molecule has 1 aromatic rings. The molecule has 0 spiro atoms. The summed E-state index contributed by atoms with van der Waals surface area (Å²) in [5.74, 6) is 2.32. The van der Waals surface area contributed by atoms with Crippen LogP contribution in [0.25, 0.3) is 0 Å². The van der Waals surface area contributed by atoms with E-state index in [1.807, 2.05) is 6.07 Å². The third-order valence-corrected chi connectivity index (χ3v) is 8.25. The number of benzene rings is 1. The molecule has 4 bridgehead atoms. The molecule has 0 aliphatic heterocycles. The summed E-state index contributed by atoms with van der Waals surface area (Å²) in [6, 6.07) is 10.5. The first-order valence-corrected chi connectivity index (χ1v) is 11.2. The topological polar surface area (TPSA) is 58.2 Å². The fraction of sp³-hybridized carbons (Fsp3) is 0.667. The Bertz CT molecular complexity index is 718. The van der Waals surface area contributed by atoms with Gasteiger partial charge in [-0.3, -0.25) is 9.59 Å². The highest BCUT2D eigenvalue weighted by Gasteiger charge is 2.54. The molecular weight excluding hydrogens is 348 g/mol. The Morgan fingerprint density at radius 1 is 0.893 bits per heavy atom. The summed E-state index contributed by atoms with van der Waals surface area (Å²) in [6.45, 7) is 0.786. The summed E-state index contributed by atoms with van der Waals surface area (Å²) < 4.78 is 0. The smallest absolute Gasteiger partial charge is 0.239 e. The highest BCUT2D eigenvalue weighted by atomic mass is 16.2. The Balaban J connectivity index is 1.14. The zero-order valence-corrected chi connectivity index (χ0v) is 16.7. The van der Waals surface area contributed by atoms with Crippen LogP contribution in [-0.4, -0.2) is 24.9 Å². The van der Waals surface area contributed by atoms with Crippen LogP contribution in [0.2, 0.25) is 0 Å². The number of hydrogen-bond donors (Lipinski definition) is 2. The van der Waals surface area contributed by atoms with E-state index < -0.39 is 0 Å². The van der Waals surface area contributed by atoms with Crippen molar-refractivity contribution < 1.29 is 9.59 Å². The van der Waals surface area contributed by atoms with E-state index in [9.17, 15) is 9.59 Å². The van der Waals surface area contributed by atoms with E-state index in [2.05, 4.69) is 34.9 Å². The minimum atomic E-state index is -0.172. The largest absolute Gasteiger partial charge is 0.354 e. The van der Waals surface area contributed by atoms with E-state index in [0.29, 0.717) is 6.54 Å². The van der Waals surface area contributed by atoms with Gasteiger partial charge in [0.1, 0.15) is 0 Å². The molecule has 0 aromatic heterocycles. The predicted molar refractivity (Wildman–Crippen MR) is 109 cm³/mol. The molecule has 28 heavy (non-hydrogen) atoms. The van der Waals surface area contributed by atoms with Crippen LogP contribution in [0.5, 0.6) is 0 Å². The average molecular weight is 381 g/mol. The zero-order valence-electron chi connectivity index (χ0n) is 16.7. The van der Waals surface area contributed by atoms with Gasteiger partial charge in [0.15, 0.2) is 0 Å². The summed E-state index contributed by atoms with van der Waals surface area (Å²) in [4.78, 5) is 25.5. The monoisotopic (exact) mass is 380 g/mol. The van der Waals surface area contributed by atoms with Crippen LogP contribution >= 0.6 is 0 Å². The number of carbonyl (C=O) groups excluding carboxylic acids is 2. The fourth-order valence-corrected chi connectivity index (χ4v) is 7.03. The van der Waals surface area contributed by atoms with Gasteiger partial charge in [0.25, 0.3) is 0 Å². The predicted octanol–water partition coefficient (Wildman–Crippen LogP) is 3.56. The van der Waals surface area contributed by atoms with Gasteiger partial charge in [-0.05, 0) is 74.7 Å². The Morgan fingerprint density at radius 2 is 1.50 bits per heavy atom. The number of rotatable bonds is 6. The zero-order chi connectivity index (χ0) is 19.2. The Morgan fingerprint density at radius 3 is 2.04 bits per heavy atom. The van der Waals surface area contributed by atoms with Gasteiger partial charge in [-0.15, -0.1) is 0 Å². The van der Waals surface area contributed by atoms with E-state index in [0.717, 1.165) is 49.9 Å². The van der Waals surface area contributed by atoms with Crippen molar-refractivity contribution >= 4 is 11.8 Å². The lowest BCUT2D eigenvalue weighted by molar-refractivity contribution is -0.147. The van der Waals surface area contributed by atoms with Gasteiger partial charge in [0.2, 0.25) is 11.8 Å². The van der Waals surface area contributed by atoms with Gasteiger partial charge in [0, 0.05) is 17.4 Å². The molecule has 5 fully saturated rings. The lowest BCUT2D eigenvalue weighted by Gasteiger charge is -2.55. The molecule has 1 aromatic carbocycles. The molecule has 150 valence electrons. The first-order chi connectivity index (χ1) is 13.6. The van der Waals surface area contributed by atoms with Crippen LogP contribution in [-0.2, 0) is 15.0 Å². The van der Waals surface area contributed by atoms with Gasteiger partial charge in [-0.2, -0.15) is 0 Å². The van der Waals surface area contributed by atoms with Crippen molar-refractivity contribution in [3.05, 3.63) is 35.9 Å². The molecule has 4 nitrogen and oxygen atoms in total. The third kappa shape index (κ3) is 3.15. The van der Waals surface area contributed by atoms with Gasteiger partial charge in [-0.25, -0.2) is 0 Å². The molecule has 2 N–H and O–H groups in total. The summed E-state index contributed by atoms with van der Waals surface area (Å²) in [7, 11) is 0. The van der Waals surface area contributed by atoms with Gasteiger partial charge >= 0.3 is 0 Å². The van der Waals surface area contributed by atoms with E-state index in [4.69, 9.17) is 0 Å². The molecule has 5 aliphatic carbocycles. The van der Waals surface area contributed by atoms with Crippen molar-refractivity contribution in [2.45, 2.75) is 63.2 Å². The second-order valence-electron chi connectivity index (χ2n) is 10.2. The number of amides is 2. The van der Waals surface area contributed by atoms with E-state index in [-0.39, 0.29) is 29.2 Å². The maximum atomic E-state index is 13.0. The second kappa shape index (κ2) is 6.89. The maximum Gasteiger partial charge on any atom is 0.239 e. The van der Waals surface area contributed by atoms with Crippen molar-refractivity contribution in [3.63, 3.8) is 0 Å². The fourth-order valence-electron chi connectivity index (χ4n) is 7.03. The first-order valence-electron chi connectivity index (χ1n) is 11.2. The molecule has 5 aliphatic rings. The van der Waals surface area contributed by atoms with Crippen molar-refractivity contribution in [1.82, 2.24) is 10.6 Å². The number of nitrogens with one attached hydrogen (secondary N) is 2. The van der Waals surface area contributed by atoms with Crippen molar-refractivity contribution in [2.75, 3.05) is 13.1 Å². The van der Waals surface area contributed by atoms with Crippen LogP contribution in [0.4, 0.5) is 0 Å². The van der Waals surface area contributed by atoms with Crippen LogP contribution in [0.3, 0.4) is 0 Å². The van der Waals surface area contributed by atoms with Crippen molar-refractivity contribution in [2.24, 2.45) is 23.2 Å². The van der Waals surface area contributed by atoms with Crippen molar-refractivity contribution in [3.8, 4) is 0 Å². The molecule has 0 atom stereocenters. The minimum absolute atomic E-state index is 0.0553. The first kappa shape index (κ1) is 18.2. The van der Waals surface area contributed by atoms with Crippen molar-refractivity contribution in [1.29, 1.82) is 0 Å². The molecular formula is C24H32N2O2. The lowest BCUT2D eigenvalue weighted by atomic mass is 9.49. The number of carbonyl (C=O) groups is 2. The highest BCUT2D eigenvalue weighted by molar-refractivity contribution is 5.88. The molecule has 5 saturated carbocycles. The van der Waals surface area contributed by atoms with E-state index in [1.165, 1.54) is 31.2 Å². The Kier molecular flexibility index (Phi) is 4.48. The maximum absolute atomic E-state index is 13.0. The molecule has 2 amide bonds. The number of hydrogen-bond acceptors (Lipinski definition) is 2. The highest BCUT2D eigenvalue weighted by Crippen LogP contribution is 2.60. The average Bonchev–Trinajstić information content (AvgIpc) is 2.65. The van der Waals surface area contributed by atoms with Crippen LogP contribution in [0.1, 0.15) is 63.4 Å². The molecule has 0 heterocycles. The Hall–Kier alpha value is -1.84. The minimum Gasteiger partial charge on any atom is -0.354 e. The van der Waals surface area contributed by atoms with Crippen LogP contribution in [0.15, 0.2) is 30.3 Å². The van der Waals surface area contributed by atoms with E-state index >= 15 is 0 Å². The normalized spacial score (nSPS) is 34.5. The summed E-state index contributed by atoms with van der Waals surface area (Å²) in [6.07, 6.45) is 10.6. The van der Waals surface area contributed by atoms with Gasteiger partial charge in [0.05, 0.1) is 6.54 Å². The summed E-state index contributed by atoms with van der Waals surface area (Å²) >= 11 is 0. The second-order valence-corrected chi connectivity index (χ2v) is 10.2.